The number of hydrogen-bond acceptors (Lipinski definition) is 3. The van der Waals surface area contributed by atoms with Crippen LogP contribution in [-0.4, -0.2) is 21.0 Å². The van der Waals surface area contributed by atoms with Gasteiger partial charge >= 0.3 is 0 Å². The molecule has 0 bridgehead atoms. The Bertz CT molecular complexity index is 727. The highest BCUT2D eigenvalue weighted by atomic mass is 14.9. The zero-order valence-electron chi connectivity index (χ0n) is 12.3. The summed E-state index contributed by atoms with van der Waals surface area (Å²) in [6.45, 7) is 3.89. The molecule has 0 aliphatic heterocycles. The summed E-state index contributed by atoms with van der Waals surface area (Å²) in [5.41, 5.74) is 14.3. The largest absolute Gasteiger partial charge is 0.338 e. The molecule has 0 saturated heterocycles. The molecular formula is C17H20N4. The maximum atomic E-state index is 6.30. The van der Waals surface area contributed by atoms with E-state index in [1.807, 2.05) is 68.5 Å². The fraction of sp³-hybridized carbons (Fsp3) is 0.235. The summed E-state index contributed by atoms with van der Waals surface area (Å²) in [5, 5.41) is 0. The van der Waals surface area contributed by atoms with Crippen LogP contribution in [0, 0.1) is 0 Å². The Hall–Kier alpha value is -2.17. The van der Waals surface area contributed by atoms with Crippen LogP contribution in [0.4, 0.5) is 0 Å². The highest BCUT2D eigenvalue weighted by Gasteiger charge is 2.20. The van der Waals surface area contributed by atoms with Gasteiger partial charge in [-0.15, -0.1) is 0 Å². The fourth-order valence-corrected chi connectivity index (χ4v) is 2.35. The van der Waals surface area contributed by atoms with Gasteiger partial charge < -0.3 is 16.5 Å². The SMILES string of the molecule is CC1(N)C=CC(C)(N)/C=C(c2nc3ccccc3[nH]2)\C=C/1. The summed E-state index contributed by atoms with van der Waals surface area (Å²) in [4.78, 5) is 7.95. The lowest BCUT2D eigenvalue weighted by molar-refractivity contribution is 0.687. The number of nitrogens with zero attached hydrogens (tertiary/aromatic N) is 1. The van der Waals surface area contributed by atoms with Gasteiger partial charge in [-0.3, -0.25) is 0 Å². The van der Waals surface area contributed by atoms with E-state index in [-0.39, 0.29) is 0 Å². The van der Waals surface area contributed by atoms with E-state index < -0.39 is 11.1 Å². The number of H-pyrrole nitrogens is 1. The van der Waals surface area contributed by atoms with Crippen LogP contribution in [0.2, 0.25) is 0 Å². The first-order valence-corrected chi connectivity index (χ1v) is 7.00. The average molecular weight is 280 g/mol. The molecule has 0 fully saturated rings. The van der Waals surface area contributed by atoms with Crippen molar-refractivity contribution in [3.05, 3.63) is 60.5 Å². The van der Waals surface area contributed by atoms with Crippen molar-refractivity contribution in [2.24, 2.45) is 11.5 Å². The number of allylic oxidation sites excluding steroid dienone is 2. The molecule has 0 saturated carbocycles. The van der Waals surface area contributed by atoms with Crippen molar-refractivity contribution in [1.82, 2.24) is 9.97 Å². The lowest BCUT2D eigenvalue weighted by Gasteiger charge is -2.23. The molecule has 5 N–H and O–H groups in total. The third kappa shape index (κ3) is 2.96. The maximum absolute atomic E-state index is 6.30. The molecule has 108 valence electrons. The first kappa shape index (κ1) is 13.8. The minimum Gasteiger partial charge on any atom is -0.338 e. The second-order valence-corrected chi connectivity index (χ2v) is 6.10. The maximum Gasteiger partial charge on any atom is 0.138 e. The van der Waals surface area contributed by atoms with Gasteiger partial charge in [0.2, 0.25) is 0 Å². The number of nitrogens with two attached hydrogens (primary N) is 2. The van der Waals surface area contributed by atoms with Gasteiger partial charge in [-0.2, -0.15) is 0 Å². The van der Waals surface area contributed by atoms with E-state index in [4.69, 9.17) is 11.5 Å². The van der Waals surface area contributed by atoms with Crippen LogP contribution in [0.15, 0.2) is 54.6 Å². The molecule has 1 aromatic heterocycles. The summed E-state index contributed by atoms with van der Waals surface area (Å²) in [5.74, 6) is 0.801. The highest BCUT2D eigenvalue weighted by molar-refractivity contribution is 5.81. The normalized spacial score (nSPS) is 33.2. The molecule has 1 aliphatic carbocycles. The zero-order valence-corrected chi connectivity index (χ0v) is 12.3. The molecule has 2 unspecified atom stereocenters. The molecule has 0 amide bonds. The molecule has 1 aromatic carbocycles. The van der Waals surface area contributed by atoms with Gasteiger partial charge in [0.25, 0.3) is 0 Å². The highest BCUT2D eigenvalue weighted by Crippen LogP contribution is 2.24. The number of imidazole rings is 1. The molecule has 4 nitrogen and oxygen atoms in total. The minimum absolute atomic E-state index is 0.522. The molecule has 2 aromatic rings. The standard InChI is InChI=1S/C17H20N4/c1-16(18)8-7-12(11-17(2,19)10-9-16)15-20-13-5-3-4-6-14(13)21-15/h3-11H,18-19H2,1-2H3,(H,20,21)/b8-7-,10-9?,12-11+. The molecule has 0 spiro atoms. The van der Waals surface area contributed by atoms with Crippen LogP contribution in [-0.2, 0) is 0 Å². The van der Waals surface area contributed by atoms with Crippen molar-refractivity contribution >= 4 is 16.6 Å². The second kappa shape index (κ2) is 4.69. The van der Waals surface area contributed by atoms with Crippen LogP contribution in [0.25, 0.3) is 16.6 Å². The predicted octanol–water partition coefficient (Wildman–Crippen LogP) is 2.51. The number of para-hydroxylation sites is 2. The summed E-state index contributed by atoms with van der Waals surface area (Å²) in [6.07, 6.45) is 9.78. The van der Waals surface area contributed by atoms with Gasteiger partial charge in [0.15, 0.2) is 0 Å². The van der Waals surface area contributed by atoms with Gasteiger partial charge in [0, 0.05) is 11.1 Å². The Morgan fingerprint density at radius 3 is 2.48 bits per heavy atom. The molecule has 0 radical (unpaired) electrons. The molecule has 3 rings (SSSR count). The van der Waals surface area contributed by atoms with E-state index in [0.717, 1.165) is 22.4 Å². The van der Waals surface area contributed by atoms with E-state index in [2.05, 4.69) is 9.97 Å². The summed E-state index contributed by atoms with van der Waals surface area (Å²) >= 11 is 0. The van der Waals surface area contributed by atoms with Crippen molar-refractivity contribution < 1.29 is 0 Å². The van der Waals surface area contributed by atoms with Gasteiger partial charge in [-0.25, -0.2) is 4.98 Å². The fourth-order valence-electron chi connectivity index (χ4n) is 2.35. The quantitative estimate of drug-likeness (QED) is 0.702. The number of fused-ring (bicyclic) bond motifs is 1. The van der Waals surface area contributed by atoms with E-state index in [9.17, 15) is 0 Å². The third-order valence-corrected chi connectivity index (χ3v) is 3.55. The lowest BCUT2D eigenvalue weighted by Crippen LogP contribution is -2.37. The topological polar surface area (TPSA) is 80.7 Å². The van der Waals surface area contributed by atoms with E-state index in [0.29, 0.717) is 0 Å². The zero-order chi connectivity index (χ0) is 15.1. The predicted molar refractivity (Wildman–Crippen MR) is 87.5 cm³/mol. The number of hydrogen-bond donors (Lipinski definition) is 3. The Labute approximate surface area is 124 Å². The van der Waals surface area contributed by atoms with Crippen molar-refractivity contribution in [1.29, 1.82) is 0 Å². The van der Waals surface area contributed by atoms with Crippen LogP contribution in [0.5, 0.6) is 0 Å². The smallest absolute Gasteiger partial charge is 0.138 e. The van der Waals surface area contributed by atoms with Gasteiger partial charge in [0.1, 0.15) is 5.82 Å². The molecule has 21 heavy (non-hydrogen) atoms. The van der Waals surface area contributed by atoms with Crippen LogP contribution in [0.1, 0.15) is 19.7 Å². The molecule has 1 aliphatic rings. The molecule has 4 heteroatoms. The molecular weight excluding hydrogens is 260 g/mol. The first-order chi connectivity index (χ1) is 9.85. The van der Waals surface area contributed by atoms with Crippen molar-refractivity contribution in [2.75, 3.05) is 0 Å². The van der Waals surface area contributed by atoms with E-state index >= 15 is 0 Å². The minimum atomic E-state index is -0.570. The summed E-state index contributed by atoms with van der Waals surface area (Å²) in [7, 11) is 0. The van der Waals surface area contributed by atoms with Crippen LogP contribution >= 0.6 is 0 Å². The van der Waals surface area contributed by atoms with E-state index in [1.54, 1.807) is 0 Å². The molecule has 1 heterocycles. The van der Waals surface area contributed by atoms with Gasteiger partial charge in [-0.1, -0.05) is 42.5 Å². The Morgan fingerprint density at radius 2 is 1.71 bits per heavy atom. The number of benzene rings is 1. The average Bonchev–Trinajstić information content (AvgIpc) is 2.84. The van der Waals surface area contributed by atoms with Crippen molar-refractivity contribution in [2.45, 2.75) is 24.9 Å². The summed E-state index contributed by atoms with van der Waals surface area (Å²) < 4.78 is 0. The Morgan fingerprint density at radius 1 is 1.00 bits per heavy atom. The number of aromatic nitrogens is 2. The van der Waals surface area contributed by atoms with Crippen LogP contribution in [0.3, 0.4) is 0 Å². The summed E-state index contributed by atoms with van der Waals surface area (Å²) in [6, 6.07) is 7.95. The van der Waals surface area contributed by atoms with Crippen molar-refractivity contribution in [3.8, 4) is 0 Å². The van der Waals surface area contributed by atoms with E-state index in [1.165, 1.54) is 0 Å². The Kier molecular flexibility index (Phi) is 3.08. The van der Waals surface area contributed by atoms with Crippen LogP contribution < -0.4 is 11.5 Å². The number of aromatic amines is 1. The first-order valence-electron chi connectivity index (χ1n) is 7.00. The third-order valence-electron chi connectivity index (χ3n) is 3.55. The van der Waals surface area contributed by atoms with Crippen molar-refractivity contribution in [3.63, 3.8) is 0 Å². The number of rotatable bonds is 1. The molecule has 2 atom stereocenters. The monoisotopic (exact) mass is 280 g/mol. The lowest BCUT2D eigenvalue weighted by atomic mass is 9.90. The Balaban J connectivity index is 2.12. The number of nitrogens with one attached hydrogen (secondary N) is 1. The second-order valence-electron chi connectivity index (χ2n) is 6.10. The van der Waals surface area contributed by atoms with Gasteiger partial charge in [0.05, 0.1) is 16.6 Å². The van der Waals surface area contributed by atoms with Gasteiger partial charge in [-0.05, 0) is 26.0 Å².